The van der Waals surface area contributed by atoms with E-state index in [2.05, 4.69) is 11.4 Å². The molecule has 0 aliphatic heterocycles. The molecule has 1 aliphatic rings. The molecular formula is C22H25FN2O2. The number of aryl methyl sites for hydroxylation is 1. The van der Waals surface area contributed by atoms with Crippen molar-refractivity contribution in [3.63, 3.8) is 0 Å². The fraction of sp³-hybridized carbons (Fsp3) is 0.364. The Morgan fingerprint density at radius 2 is 1.89 bits per heavy atom. The van der Waals surface area contributed by atoms with Gasteiger partial charge < -0.3 is 10.2 Å². The van der Waals surface area contributed by atoms with Gasteiger partial charge in [-0.1, -0.05) is 36.4 Å². The molecule has 1 atom stereocenters. The van der Waals surface area contributed by atoms with Crippen LogP contribution in [-0.4, -0.2) is 29.8 Å². The second-order valence-electron chi connectivity index (χ2n) is 6.90. The summed E-state index contributed by atoms with van der Waals surface area (Å²) >= 11 is 0. The third-order valence-electron chi connectivity index (χ3n) is 5.10. The lowest BCUT2D eigenvalue weighted by Gasteiger charge is -2.30. The highest BCUT2D eigenvalue weighted by Crippen LogP contribution is 2.32. The fourth-order valence-corrected chi connectivity index (χ4v) is 3.61. The smallest absolute Gasteiger partial charge is 0.239 e. The van der Waals surface area contributed by atoms with Gasteiger partial charge in [0, 0.05) is 13.1 Å². The summed E-state index contributed by atoms with van der Waals surface area (Å²) in [5.41, 5.74) is 3.15. The molecule has 5 heteroatoms. The van der Waals surface area contributed by atoms with Crippen molar-refractivity contribution in [3.05, 3.63) is 71.0 Å². The zero-order valence-electron chi connectivity index (χ0n) is 15.6. The second kappa shape index (κ2) is 8.80. The number of nitrogens with one attached hydrogen (secondary N) is 1. The highest BCUT2D eigenvalue weighted by atomic mass is 19.1. The molecule has 2 aromatic carbocycles. The normalized spacial score (nSPS) is 15.7. The molecule has 0 heterocycles. The van der Waals surface area contributed by atoms with Gasteiger partial charge in [0.15, 0.2) is 0 Å². The Morgan fingerprint density at radius 3 is 2.63 bits per heavy atom. The van der Waals surface area contributed by atoms with E-state index in [4.69, 9.17) is 0 Å². The number of halogens is 1. The molecular weight excluding hydrogens is 343 g/mol. The molecule has 1 aliphatic carbocycles. The lowest BCUT2D eigenvalue weighted by Crippen LogP contribution is -2.43. The van der Waals surface area contributed by atoms with Crippen LogP contribution in [0.1, 0.15) is 42.4 Å². The minimum Gasteiger partial charge on any atom is -0.350 e. The fourth-order valence-electron chi connectivity index (χ4n) is 3.61. The van der Waals surface area contributed by atoms with E-state index < -0.39 is 0 Å². The van der Waals surface area contributed by atoms with Crippen molar-refractivity contribution in [2.24, 2.45) is 0 Å². The van der Waals surface area contributed by atoms with Gasteiger partial charge in [-0.3, -0.25) is 9.59 Å². The van der Waals surface area contributed by atoms with Crippen molar-refractivity contribution in [1.82, 2.24) is 10.2 Å². The standard InChI is InChI=1S/C22H25FN2O2/c1-2-25(15-21(26)24-14-16-10-12-18(23)13-11-16)22(27)20-9-5-7-17-6-3-4-8-19(17)20/h3-4,6,8,10-13,20H,2,5,7,9,14-15H2,1H3,(H,24,26). The summed E-state index contributed by atoms with van der Waals surface area (Å²) in [5, 5.41) is 2.80. The minimum atomic E-state index is -0.305. The molecule has 4 nitrogen and oxygen atoms in total. The Kier molecular flexibility index (Phi) is 6.22. The number of carbonyl (C=O) groups is 2. The number of amides is 2. The Labute approximate surface area is 159 Å². The van der Waals surface area contributed by atoms with E-state index in [0.29, 0.717) is 13.1 Å². The largest absolute Gasteiger partial charge is 0.350 e. The van der Waals surface area contributed by atoms with E-state index in [0.717, 1.165) is 30.4 Å². The van der Waals surface area contributed by atoms with Gasteiger partial charge in [0.1, 0.15) is 5.82 Å². The van der Waals surface area contributed by atoms with E-state index in [1.165, 1.54) is 17.7 Å². The summed E-state index contributed by atoms with van der Waals surface area (Å²) < 4.78 is 12.9. The first-order valence-corrected chi connectivity index (χ1v) is 9.46. The molecule has 2 amide bonds. The first-order chi connectivity index (χ1) is 13.1. The van der Waals surface area contributed by atoms with E-state index in [-0.39, 0.29) is 30.1 Å². The number of rotatable bonds is 6. The minimum absolute atomic E-state index is 0.0154. The third-order valence-corrected chi connectivity index (χ3v) is 5.10. The summed E-state index contributed by atoms with van der Waals surface area (Å²) in [6.07, 6.45) is 2.81. The van der Waals surface area contributed by atoms with E-state index >= 15 is 0 Å². The molecule has 1 unspecified atom stereocenters. The first kappa shape index (κ1) is 19.1. The highest BCUT2D eigenvalue weighted by Gasteiger charge is 2.30. The number of nitrogens with zero attached hydrogens (tertiary/aromatic N) is 1. The molecule has 1 N–H and O–H groups in total. The summed E-state index contributed by atoms with van der Waals surface area (Å²) in [6, 6.07) is 14.1. The van der Waals surface area contributed by atoms with Crippen LogP contribution in [0.3, 0.4) is 0 Å². The topological polar surface area (TPSA) is 49.4 Å². The molecule has 27 heavy (non-hydrogen) atoms. The Hall–Kier alpha value is -2.69. The molecule has 0 fully saturated rings. The maximum atomic E-state index is 13.0. The van der Waals surface area contributed by atoms with Crippen molar-refractivity contribution in [2.75, 3.05) is 13.1 Å². The van der Waals surface area contributed by atoms with Crippen LogP contribution in [0.15, 0.2) is 48.5 Å². The zero-order valence-corrected chi connectivity index (χ0v) is 15.6. The van der Waals surface area contributed by atoms with Crippen LogP contribution in [0, 0.1) is 5.82 Å². The summed E-state index contributed by atoms with van der Waals surface area (Å²) in [6.45, 7) is 2.73. The van der Waals surface area contributed by atoms with Crippen molar-refractivity contribution in [2.45, 2.75) is 38.6 Å². The summed E-state index contributed by atoms with van der Waals surface area (Å²) in [4.78, 5) is 27.0. The molecule has 0 radical (unpaired) electrons. The van der Waals surface area contributed by atoms with Gasteiger partial charge in [-0.2, -0.15) is 0 Å². The van der Waals surface area contributed by atoms with Crippen LogP contribution < -0.4 is 5.32 Å². The molecule has 0 aromatic heterocycles. The number of likely N-dealkylation sites (N-methyl/N-ethyl adjacent to an activating group) is 1. The number of hydrogen-bond donors (Lipinski definition) is 1. The van der Waals surface area contributed by atoms with Crippen LogP contribution in [0.25, 0.3) is 0 Å². The summed E-state index contributed by atoms with van der Waals surface area (Å²) in [7, 11) is 0. The summed E-state index contributed by atoms with van der Waals surface area (Å²) in [5.74, 6) is -0.666. The predicted molar refractivity (Wildman–Crippen MR) is 103 cm³/mol. The molecule has 0 spiro atoms. The quantitative estimate of drug-likeness (QED) is 0.849. The Morgan fingerprint density at radius 1 is 1.15 bits per heavy atom. The van der Waals surface area contributed by atoms with Gasteiger partial charge in [0.2, 0.25) is 11.8 Å². The molecule has 0 bridgehead atoms. The number of hydrogen-bond acceptors (Lipinski definition) is 2. The molecule has 142 valence electrons. The predicted octanol–water partition coefficient (Wildman–Crippen LogP) is 3.41. The van der Waals surface area contributed by atoms with Crippen molar-refractivity contribution in [3.8, 4) is 0 Å². The van der Waals surface area contributed by atoms with Crippen LogP contribution in [0.2, 0.25) is 0 Å². The van der Waals surface area contributed by atoms with E-state index in [1.807, 2.05) is 25.1 Å². The van der Waals surface area contributed by atoms with Crippen molar-refractivity contribution < 1.29 is 14.0 Å². The Bertz CT molecular complexity index is 804. The maximum absolute atomic E-state index is 13.0. The number of benzene rings is 2. The van der Waals surface area contributed by atoms with Gasteiger partial charge in [-0.25, -0.2) is 4.39 Å². The highest BCUT2D eigenvalue weighted by molar-refractivity contribution is 5.89. The van der Waals surface area contributed by atoms with Gasteiger partial charge in [0.25, 0.3) is 0 Å². The van der Waals surface area contributed by atoms with Crippen LogP contribution in [-0.2, 0) is 22.6 Å². The van der Waals surface area contributed by atoms with Gasteiger partial charge in [-0.15, -0.1) is 0 Å². The number of fused-ring (bicyclic) bond motifs is 1. The molecule has 0 saturated heterocycles. The van der Waals surface area contributed by atoms with Crippen molar-refractivity contribution in [1.29, 1.82) is 0 Å². The Balaban J connectivity index is 1.60. The van der Waals surface area contributed by atoms with Gasteiger partial charge >= 0.3 is 0 Å². The lowest BCUT2D eigenvalue weighted by atomic mass is 9.82. The zero-order chi connectivity index (χ0) is 19.2. The molecule has 3 rings (SSSR count). The SMILES string of the molecule is CCN(CC(=O)NCc1ccc(F)cc1)C(=O)C1CCCc2ccccc21. The second-order valence-corrected chi connectivity index (χ2v) is 6.90. The molecule has 2 aromatic rings. The van der Waals surface area contributed by atoms with Crippen LogP contribution >= 0.6 is 0 Å². The maximum Gasteiger partial charge on any atom is 0.239 e. The van der Waals surface area contributed by atoms with Crippen molar-refractivity contribution >= 4 is 11.8 Å². The van der Waals surface area contributed by atoms with Gasteiger partial charge in [-0.05, 0) is 55.0 Å². The lowest BCUT2D eigenvalue weighted by molar-refractivity contribution is -0.137. The number of carbonyl (C=O) groups excluding carboxylic acids is 2. The average Bonchev–Trinajstić information content (AvgIpc) is 2.70. The first-order valence-electron chi connectivity index (χ1n) is 9.46. The van der Waals surface area contributed by atoms with Crippen LogP contribution in [0.4, 0.5) is 4.39 Å². The average molecular weight is 368 g/mol. The van der Waals surface area contributed by atoms with E-state index in [1.54, 1.807) is 17.0 Å². The monoisotopic (exact) mass is 368 g/mol. The van der Waals surface area contributed by atoms with E-state index in [9.17, 15) is 14.0 Å². The molecule has 0 saturated carbocycles. The third kappa shape index (κ3) is 4.73. The van der Waals surface area contributed by atoms with Gasteiger partial charge in [0.05, 0.1) is 12.5 Å². The van der Waals surface area contributed by atoms with Crippen LogP contribution in [0.5, 0.6) is 0 Å².